The molecule has 1 aliphatic heterocycles. The standard InChI is InChI=1S/C28H28N4O.2C2HF3O2/c29-27(22-8-6-21(7-9-22)20-4-2-1-3-5-20)28(33)32-16-13-25(14-17-32)31-26-11-10-24-19-30-15-12-23(24)18-26;2*3-2(4,5)1(6)7/h1-12,15,18-19,25,27,31H,13-14,16-17,29H2;2*(H,6,7). The van der Waals surface area contributed by atoms with Crippen molar-refractivity contribution in [2.45, 2.75) is 37.3 Å². The van der Waals surface area contributed by atoms with Gasteiger partial charge in [0.1, 0.15) is 6.04 Å². The topological polar surface area (TPSA) is 146 Å². The number of nitrogens with zero attached hydrogens (tertiary/aromatic N) is 2. The van der Waals surface area contributed by atoms with Gasteiger partial charge in [-0.25, -0.2) is 9.59 Å². The molecule has 4 aromatic rings. The van der Waals surface area contributed by atoms with Gasteiger partial charge in [0.15, 0.2) is 0 Å². The van der Waals surface area contributed by atoms with Gasteiger partial charge in [0.05, 0.1) is 0 Å². The van der Waals surface area contributed by atoms with Crippen LogP contribution >= 0.6 is 0 Å². The molecule has 0 aliphatic carbocycles. The number of carboxylic acids is 2. The van der Waals surface area contributed by atoms with Crippen molar-refractivity contribution in [1.82, 2.24) is 9.88 Å². The molecule has 9 nitrogen and oxygen atoms in total. The molecule has 15 heteroatoms. The van der Waals surface area contributed by atoms with Crippen LogP contribution in [0.1, 0.15) is 24.4 Å². The molecule has 0 bridgehead atoms. The predicted molar refractivity (Wildman–Crippen MR) is 161 cm³/mol. The van der Waals surface area contributed by atoms with Crippen LogP contribution in [0.4, 0.5) is 32.0 Å². The second-order valence-electron chi connectivity index (χ2n) is 10.3. The smallest absolute Gasteiger partial charge is 0.475 e. The van der Waals surface area contributed by atoms with Gasteiger partial charge < -0.3 is 26.2 Å². The number of carbonyl (C=O) groups is 3. The monoisotopic (exact) mass is 664 g/mol. The minimum Gasteiger partial charge on any atom is -0.475 e. The lowest BCUT2D eigenvalue weighted by Gasteiger charge is -2.34. The molecule has 47 heavy (non-hydrogen) atoms. The van der Waals surface area contributed by atoms with Gasteiger partial charge in [-0.15, -0.1) is 0 Å². The second kappa shape index (κ2) is 15.9. The number of amides is 1. The largest absolute Gasteiger partial charge is 0.490 e. The maximum Gasteiger partial charge on any atom is 0.490 e. The van der Waals surface area contributed by atoms with E-state index in [-0.39, 0.29) is 5.91 Å². The van der Waals surface area contributed by atoms with Gasteiger partial charge >= 0.3 is 24.3 Å². The number of nitrogens with one attached hydrogen (secondary N) is 1. The number of rotatable bonds is 5. The van der Waals surface area contributed by atoms with E-state index in [1.165, 1.54) is 5.39 Å². The summed E-state index contributed by atoms with van der Waals surface area (Å²) < 4.78 is 63.5. The number of pyridine rings is 1. The summed E-state index contributed by atoms with van der Waals surface area (Å²) in [4.78, 5) is 36.9. The second-order valence-corrected chi connectivity index (χ2v) is 10.3. The lowest BCUT2D eigenvalue weighted by atomic mass is 9.99. The molecular weight excluding hydrogens is 634 g/mol. The Labute approximate surface area is 264 Å². The van der Waals surface area contributed by atoms with E-state index in [4.69, 9.17) is 25.5 Å². The van der Waals surface area contributed by atoms with Crippen molar-refractivity contribution in [3.8, 4) is 11.1 Å². The van der Waals surface area contributed by atoms with Crippen molar-refractivity contribution in [3.05, 3.63) is 96.8 Å². The number of fused-ring (bicyclic) bond motifs is 1. The van der Waals surface area contributed by atoms with Gasteiger partial charge in [-0.2, -0.15) is 26.3 Å². The number of carboxylic acid groups (broad SMARTS) is 2. The van der Waals surface area contributed by atoms with E-state index in [1.807, 2.05) is 65.8 Å². The molecule has 0 radical (unpaired) electrons. The Hall–Kier alpha value is -5.18. The fourth-order valence-electron chi connectivity index (χ4n) is 4.51. The van der Waals surface area contributed by atoms with Crippen LogP contribution in [0.15, 0.2) is 91.3 Å². The van der Waals surface area contributed by atoms with Crippen LogP contribution in [0.2, 0.25) is 0 Å². The molecule has 1 aliphatic rings. The highest BCUT2D eigenvalue weighted by Crippen LogP contribution is 2.25. The summed E-state index contributed by atoms with van der Waals surface area (Å²) >= 11 is 0. The zero-order valence-corrected chi connectivity index (χ0v) is 24.5. The summed E-state index contributed by atoms with van der Waals surface area (Å²) in [6.45, 7) is 1.42. The normalized spacial score (nSPS) is 14.1. The van der Waals surface area contributed by atoms with Gasteiger partial charge in [-0.3, -0.25) is 9.78 Å². The number of anilines is 1. The number of piperidine rings is 1. The van der Waals surface area contributed by atoms with Crippen LogP contribution in [0.25, 0.3) is 21.9 Å². The summed E-state index contributed by atoms with van der Waals surface area (Å²) in [5.41, 5.74) is 10.6. The highest BCUT2D eigenvalue weighted by Gasteiger charge is 2.39. The molecule has 5 N–H and O–H groups in total. The van der Waals surface area contributed by atoms with Gasteiger partial charge in [0.25, 0.3) is 0 Å². The molecule has 1 amide bonds. The molecule has 3 aromatic carbocycles. The SMILES string of the molecule is NC(C(=O)N1CCC(Nc2ccc3cnccc3c2)CC1)c1ccc(-c2ccccc2)cc1.O=C(O)C(F)(F)F.O=C(O)C(F)(F)F. The zero-order valence-electron chi connectivity index (χ0n) is 24.5. The molecule has 5 rings (SSSR count). The zero-order chi connectivity index (χ0) is 34.8. The first kappa shape index (κ1) is 36.3. The molecule has 2 heterocycles. The van der Waals surface area contributed by atoms with E-state index in [0.29, 0.717) is 19.1 Å². The Morgan fingerprint density at radius 1 is 0.787 bits per heavy atom. The quantitative estimate of drug-likeness (QED) is 0.183. The van der Waals surface area contributed by atoms with Crippen LogP contribution in [0.3, 0.4) is 0 Å². The molecule has 1 atom stereocenters. The van der Waals surface area contributed by atoms with Gasteiger partial charge in [0.2, 0.25) is 5.91 Å². The molecular formula is C32H30F6N4O5. The molecule has 250 valence electrons. The number of carbonyl (C=O) groups excluding carboxylic acids is 1. The average molecular weight is 665 g/mol. The number of nitrogens with two attached hydrogens (primary N) is 1. The fourth-order valence-corrected chi connectivity index (χ4v) is 4.51. The summed E-state index contributed by atoms with van der Waals surface area (Å²) in [5, 5.41) is 20.2. The summed E-state index contributed by atoms with van der Waals surface area (Å²) in [6, 6.07) is 26.3. The highest BCUT2D eigenvalue weighted by molar-refractivity contribution is 5.85. The Morgan fingerprint density at radius 2 is 1.32 bits per heavy atom. The Kier molecular flexibility index (Phi) is 12.3. The summed E-state index contributed by atoms with van der Waals surface area (Å²) in [7, 11) is 0. The van der Waals surface area contributed by atoms with Crippen LogP contribution in [0.5, 0.6) is 0 Å². The first-order valence-electron chi connectivity index (χ1n) is 14.0. The molecule has 0 spiro atoms. The lowest BCUT2D eigenvalue weighted by Crippen LogP contribution is -2.45. The fraction of sp³-hybridized carbons (Fsp3) is 0.250. The van der Waals surface area contributed by atoms with E-state index in [2.05, 4.69) is 40.6 Å². The van der Waals surface area contributed by atoms with Gasteiger partial charge in [-0.05, 0) is 53.1 Å². The molecule has 0 saturated carbocycles. The van der Waals surface area contributed by atoms with E-state index in [9.17, 15) is 31.1 Å². The number of halogens is 6. The first-order chi connectivity index (χ1) is 22.1. The highest BCUT2D eigenvalue weighted by atomic mass is 19.4. The van der Waals surface area contributed by atoms with Crippen LogP contribution in [-0.2, 0) is 14.4 Å². The third-order valence-corrected chi connectivity index (χ3v) is 6.95. The van der Waals surface area contributed by atoms with Crippen molar-refractivity contribution in [2.75, 3.05) is 18.4 Å². The van der Waals surface area contributed by atoms with Crippen LogP contribution in [0, 0.1) is 0 Å². The lowest BCUT2D eigenvalue weighted by molar-refractivity contribution is -0.193. The van der Waals surface area contributed by atoms with Crippen LogP contribution in [-0.4, -0.2) is 69.4 Å². The average Bonchev–Trinajstić information content (AvgIpc) is 3.04. The molecule has 1 unspecified atom stereocenters. The number of likely N-dealkylation sites (tertiary alicyclic amines) is 1. The van der Waals surface area contributed by atoms with Crippen LogP contribution < -0.4 is 11.1 Å². The minimum absolute atomic E-state index is 0.000818. The van der Waals surface area contributed by atoms with E-state index in [1.54, 1.807) is 0 Å². The Bertz CT molecular complexity index is 1620. The van der Waals surface area contributed by atoms with E-state index < -0.39 is 30.3 Å². The number of aromatic nitrogens is 1. The van der Waals surface area contributed by atoms with Crippen molar-refractivity contribution in [2.24, 2.45) is 5.73 Å². The Balaban J connectivity index is 0.000000360. The number of hydrogen-bond acceptors (Lipinski definition) is 6. The number of benzene rings is 3. The van der Waals surface area contributed by atoms with Gasteiger partial charge in [0, 0.05) is 42.6 Å². The summed E-state index contributed by atoms with van der Waals surface area (Å²) in [5.74, 6) is -5.51. The van der Waals surface area contributed by atoms with Crippen molar-refractivity contribution >= 4 is 34.3 Å². The van der Waals surface area contributed by atoms with Gasteiger partial charge in [-0.1, -0.05) is 60.7 Å². The van der Waals surface area contributed by atoms with E-state index in [0.717, 1.165) is 40.6 Å². The summed E-state index contributed by atoms with van der Waals surface area (Å²) in [6.07, 6.45) is -4.67. The number of hydrogen-bond donors (Lipinski definition) is 4. The molecule has 1 fully saturated rings. The Morgan fingerprint density at radius 3 is 1.85 bits per heavy atom. The minimum atomic E-state index is -5.08. The van der Waals surface area contributed by atoms with Crippen molar-refractivity contribution in [3.63, 3.8) is 0 Å². The number of aliphatic carboxylic acids is 2. The van der Waals surface area contributed by atoms with Crippen molar-refractivity contribution in [1.29, 1.82) is 0 Å². The maximum atomic E-state index is 13.0. The molecule has 1 saturated heterocycles. The maximum absolute atomic E-state index is 13.0. The number of alkyl halides is 6. The predicted octanol–water partition coefficient (Wildman–Crippen LogP) is 6.27. The molecule has 1 aromatic heterocycles. The third-order valence-electron chi connectivity index (χ3n) is 6.95. The first-order valence-corrected chi connectivity index (χ1v) is 14.0. The van der Waals surface area contributed by atoms with E-state index >= 15 is 0 Å². The van der Waals surface area contributed by atoms with Crippen molar-refractivity contribution < 1.29 is 50.9 Å². The third kappa shape index (κ3) is 11.0.